The van der Waals surface area contributed by atoms with E-state index in [1.165, 1.54) is 11.9 Å². The first-order valence-electron chi connectivity index (χ1n) is 7.63. The van der Waals surface area contributed by atoms with Gasteiger partial charge in [0.1, 0.15) is 0 Å². The van der Waals surface area contributed by atoms with Crippen LogP contribution in [0.15, 0.2) is 83.9 Å². The van der Waals surface area contributed by atoms with Crippen LogP contribution >= 0.6 is 11.9 Å². The average Bonchev–Trinajstić information content (AvgIpc) is 2.68. The monoisotopic (exact) mass is 329 g/mol. The predicted octanol–water partition coefficient (Wildman–Crippen LogP) is 4.93. The molecule has 3 nitrogen and oxygen atoms in total. The Labute approximate surface area is 144 Å². The van der Waals surface area contributed by atoms with E-state index in [1.54, 1.807) is 0 Å². The van der Waals surface area contributed by atoms with E-state index in [1.807, 2.05) is 60.8 Å². The van der Waals surface area contributed by atoms with Gasteiger partial charge >= 0.3 is 0 Å². The van der Waals surface area contributed by atoms with Crippen molar-refractivity contribution in [3.05, 3.63) is 79.0 Å². The minimum absolute atomic E-state index is 0.893. The van der Waals surface area contributed by atoms with Gasteiger partial charge in [-0.15, -0.1) is 0 Å². The van der Waals surface area contributed by atoms with Crippen LogP contribution in [0.4, 0.5) is 0 Å². The molecule has 2 aromatic heterocycles. The van der Waals surface area contributed by atoms with Gasteiger partial charge in [0.15, 0.2) is 0 Å². The highest BCUT2D eigenvalue weighted by atomic mass is 32.2. The summed E-state index contributed by atoms with van der Waals surface area (Å²) in [6, 6.07) is 24.4. The summed E-state index contributed by atoms with van der Waals surface area (Å²) in [4.78, 5) is 10.4. The zero-order valence-corrected chi connectivity index (χ0v) is 13.7. The van der Waals surface area contributed by atoms with Crippen LogP contribution < -0.4 is 5.14 Å². The molecule has 24 heavy (non-hydrogen) atoms. The van der Waals surface area contributed by atoms with Crippen molar-refractivity contribution >= 4 is 23.0 Å². The third kappa shape index (κ3) is 2.77. The van der Waals surface area contributed by atoms with E-state index in [0.29, 0.717) is 0 Å². The fourth-order valence-corrected chi connectivity index (χ4v) is 3.12. The summed E-state index contributed by atoms with van der Waals surface area (Å²) >= 11 is 1.24. The van der Waals surface area contributed by atoms with Crippen molar-refractivity contribution in [2.45, 2.75) is 4.90 Å². The Morgan fingerprint density at radius 3 is 2.46 bits per heavy atom. The summed E-state index contributed by atoms with van der Waals surface area (Å²) in [6.07, 6.45) is 1.83. The minimum Gasteiger partial charge on any atom is -0.274 e. The van der Waals surface area contributed by atoms with Crippen LogP contribution in [0, 0.1) is 0 Å². The molecule has 0 unspecified atom stereocenters. The van der Waals surface area contributed by atoms with Gasteiger partial charge in [0.05, 0.1) is 16.7 Å². The van der Waals surface area contributed by atoms with Crippen LogP contribution in [0.3, 0.4) is 0 Å². The van der Waals surface area contributed by atoms with E-state index in [2.05, 4.69) is 23.2 Å². The van der Waals surface area contributed by atoms with Gasteiger partial charge < -0.3 is 0 Å². The number of hydrogen-bond acceptors (Lipinski definition) is 4. The Balaban J connectivity index is 1.91. The van der Waals surface area contributed by atoms with E-state index in [0.717, 1.165) is 38.3 Å². The Morgan fingerprint density at radius 1 is 0.792 bits per heavy atom. The quantitative estimate of drug-likeness (QED) is 0.541. The van der Waals surface area contributed by atoms with E-state index in [9.17, 15) is 0 Å². The Hall–Kier alpha value is -2.69. The average molecular weight is 329 g/mol. The number of pyridine rings is 2. The molecule has 2 heterocycles. The molecule has 0 amide bonds. The van der Waals surface area contributed by atoms with Gasteiger partial charge in [-0.3, -0.25) is 10.1 Å². The molecule has 4 rings (SSSR count). The number of fused-ring (bicyclic) bond motifs is 1. The number of hydrogen-bond donors (Lipinski definition) is 1. The van der Waals surface area contributed by atoms with Gasteiger partial charge in [0, 0.05) is 22.2 Å². The topological polar surface area (TPSA) is 51.8 Å². The van der Waals surface area contributed by atoms with Crippen molar-refractivity contribution in [3.63, 3.8) is 0 Å². The Kier molecular flexibility index (Phi) is 3.99. The van der Waals surface area contributed by atoms with E-state index in [-0.39, 0.29) is 0 Å². The zero-order valence-electron chi connectivity index (χ0n) is 12.9. The minimum atomic E-state index is 0.893. The van der Waals surface area contributed by atoms with Crippen molar-refractivity contribution in [2.75, 3.05) is 0 Å². The summed E-state index contributed by atoms with van der Waals surface area (Å²) < 4.78 is 0. The molecule has 0 atom stereocenters. The van der Waals surface area contributed by atoms with Crippen molar-refractivity contribution in [1.29, 1.82) is 0 Å². The molecule has 0 saturated carbocycles. The summed E-state index contributed by atoms with van der Waals surface area (Å²) in [5.74, 6) is 0. The second kappa shape index (κ2) is 6.43. The molecule has 0 aliphatic heterocycles. The lowest BCUT2D eigenvalue weighted by molar-refractivity contribution is 1.32. The van der Waals surface area contributed by atoms with Crippen molar-refractivity contribution < 1.29 is 0 Å². The zero-order chi connectivity index (χ0) is 16.4. The predicted molar refractivity (Wildman–Crippen MR) is 100 cm³/mol. The first-order valence-corrected chi connectivity index (χ1v) is 8.51. The molecule has 2 N–H and O–H groups in total. The van der Waals surface area contributed by atoms with Crippen LogP contribution in [-0.4, -0.2) is 9.97 Å². The number of nitrogens with zero attached hydrogens (tertiary/aromatic N) is 2. The molecule has 0 aliphatic rings. The Morgan fingerprint density at radius 2 is 1.62 bits per heavy atom. The lowest BCUT2D eigenvalue weighted by Crippen LogP contribution is -1.91. The lowest BCUT2D eigenvalue weighted by Gasteiger charge is -2.08. The normalized spacial score (nSPS) is 10.9. The second-order valence-electron chi connectivity index (χ2n) is 5.43. The van der Waals surface area contributed by atoms with E-state index in [4.69, 9.17) is 10.1 Å². The molecule has 0 bridgehead atoms. The standard InChI is InChI=1S/C20H15N3S/c21-24-16-8-4-7-15(13-16)18-9-10-19-20(23-18)17(11-12-22-19)14-5-2-1-3-6-14/h1-13H,21H2. The molecular weight excluding hydrogens is 314 g/mol. The van der Waals surface area contributed by atoms with Crippen LogP contribution in [0.5, 0.6) is 0 Å². The second-order valence-corrected chi connectivity index (χ2v) is 6.14. The summed E-state index contributed by atoms with van der Waals surface area (Å²) in [5.41, 5.74) is 6.00. The number of benzene rings is 2. The molecule has 116 valence electrons. The fourth-order valence-electron chi connectivity index (χ4n) is 2.77. The molecule has 2 aromatic carbocycles. The lowest BCUT2D eigenvalue weighted by atomic mass is 10.0. The highest BCUT2D eigenvalue weighted by Gasteiger charge is 2.08. The first kappa shape index (κ1) is 14.9. The molecular formula is C20H15N3S. The fraction of sp³-hybridized carbons (Fsp3) is 0. The summed E-state index contributed by atoms with van der Waals surface area (Å²) in [6.45, 7) is 0. The van der Waals surface area contributed by atoms with Crippen LogP contribution in [0.25, 0.3) is 33.4 Å². The maximum Gasteiger partial charge on any atom is 0.0972 e. The first-order chi connectivity index (χ1) is 11.8. The number of aromatic nitrogens is 2. The van der Waals surface area contributed by atoms with E-state index >= 15 is 0 Å². The molecule has 0 radical (unpaired) electrons. The molecule has 0 fully saturated rings. The maximum atomic E-state index is 5.67. The smallest absolute Gasteiger partial charge is 0.0972 e. The summed E-state index contributed by atoms with van der Waals surface area (Å²) in [5, 5.41) is 5.67. The van der Waals surface area contributed by atoms with Crippen LogP contribution in [0.2, 0.25) is 0 Å². The van der Waals surface area contributed by atoms with Crippen LogP contribution in [0.1, 0.15) is 0 Å². The van der Waals surface area contributed by atoms with Crippen molar-refractivity contribution in [2.24, 2.45) is 5.14 Å². The largest absolute Gasteiger partial charge is 0.274 e. The van der Waals surface area contributed by atoms with Gasteiger partial charge in [-0.1, -0.05) is 42.5 Å². The Bertz CT molecular complexity index is 1000. The van der Waals surface area contributed by atoms with Gasteiger partial charge in [0.2, 0.25) is 0 Å². The van der Waals surface area contributed by atoms with Gasteiger partial charge in [-0.25, -0.2) is 4.98 Å². The number of rotatable bonds is 3. The van der Waals surface area contributed by atoms with Crippen molar-refractivity contribution in [1.82, 2.24) is 9.97 Å². The molecule has 4 aromatic rings. The molecule has 0 aliphatic carbocycles. The summed E-state index contributed by atoms with van der Waals surface area (Å²) in [7, 11) is 0. The third-order valence-electron chi connectivity index (χ3n) is 3.93. The van der Waals surface area contributed by atoms with Gasteiger partial charge in [-0.2, -0.15) is 0 Å². The van der Waals surface area contributed by atoms with Gasteiger partial charge in [0.25, 0.3) is 0 Å². The molecule has 4 heteroatoms. The third-order valence-corrected chi connectivity index (χ3v) is 4.46. The van der Waals surface area contributed by atoms with E-state index < -0.39 is 0 Å². The highest BCUT2D eigenvalue weighted by molar-refractivity contribution is 7.97. The highest BCUT2D eigenvalue weighted by Crippen LogP contribution is 2.29. The SMILES string of the molecule is NSc1cccc(-c2ccc3nccc(-c4ccccc4)c3n2)c1. The van der Waals surface area contributed by atoms with Crippen LogP contribution in [-0.2, 0) is 0 Å². The molecule has 0 spiro atoms. The van der Waals surface area contributed by atoms with Gasteiger partial charge in [-0.05, 0) is 47.8 Å². The molecule has 0 saturated heterocycles. The maximum absolute atomic E-state index is 5.67. The number of nitrogens with two attached hydrogens (primary N) is 1. The van der Waals surface area contributed by atoms with Crippen molar-refractivity contribution in [3.8, 4) is 22.4 Å².